The molecule has 0 saturated carbocycles. The average molecular weight is 355 g/mol. The standard InChI is InChI=1S/C22H29NO3/c1-5-23(6-2)17-18(3)26-21(24)22(25-4,19-13-9-7-10-14-19)20-15-11-8-12-16-20/h7-16,18H,5-6,17H2,1-4H3. The Bertz CT molecular complexity index is 629. The molecule has 2 aromatic rings. The summed E-state index contributed by atoms with van der Waals surface area (Å²) in [5.74, 6) is -0.392. The summed E-state index contributed by atoms with van der Waals surface area (Å²) >= 11 is 0. The van der Waals surface area contributed by atoms with E-state index in [9.17, 15) is 4.79 Å². The zero-order chi connectivity index (χ0) is 19.0. The lowest BCUT2D eigenvalue weighted by molar-refractivity contribution is -0.171. The highest BCUT2D eigenvalue weighted by Crippen LogP contribution is 2.35. The van der Waals surface area contributed by atoms with Crippen LogP contribution in [0.5, 0.6) is 0 Å². The molecule has 0 bridgehead atoms. The van der Waals surface area contributed by atoms with Gasteiger partial charge in [-0.3, -0.25) is 0 Å². The lowest BCUT2D eigenvalue weighted by atomic mass is 9.86. The monoisotopic (exact) mass is 355 g/mol. The number of carbonyl (C=O) groups is 1. The molecule has 0 aliphatic heterocycles. The lowest BCUT2D eigenvalue weighted by Crippen LogP contribution is -2.43. The Morgan fingerprint density at radius 1 is 0.962 bits per heavy atom. The van der Waals surface area contributed by atoms with Crippen molar-refractivity contribution in [3.05, 3.63) is 71.8 Å². The molecule has 0 heterocycles. The van der Waals surface area contributed by atoms with Crippen LogP contribution < -0.4 is 0 Å². The highest BCUT2D eigenvalue weighted by atomic mass is 16.6. The Morgan fingerprint density at radius 2 is 1.42 bits per heavy atom. The molecule has 2 aromatic carbocycles. The number of methoxy groups -OCH3 is 1. The van der Waals surface area contributed by atoms with Crippen LogP contribution in [0, 0.1) is 0 Å². The number of esters is 1. The fraction of sp³-hybridized carbons (Fsp3) is 0.409. The maximum atomic E-state index is 13.3. The van der Waals surface area contributed by atoms with Crippen LogP contribution in [0.15, 0.2) is 60.7 Å². The topological polar surface area (TPSA) is 38.8 Å². The summed E-state index contributed by atoms with van der Waals surface area (Å²) in [4.78, 5) is 15.5. The third-order valence-corrected chi connectivity index (χ3v) is 4.67. The Kier molecular flexibility index (Phi) is 7.37. The van der Waals surface area contributed by atoms with E-state index in [0.717, 1.165) is 24.2 Å². The van der Waals surface area contributed by atoms with Crippen LogP contribution >= 0.6 is 0 Å². The van der Waals surface area contributed by atoms with Crippen molar-refractivity contribution in [2.45, 2.75) is 32.5 Å². The minimum Gasteiger partial charge on any atom is -0.459 e. The maximum Gasteiger partial charge on any atom is 0.348 e. The summed E-state index contributed by atoms with van der Waals surface area (Å²) in [6, 6.07) is 19.0. The van der Waals surface area contributed by atoms with Crippen molar-refractivity contribution in [1.82, 2.24) is 4.90 Å². The fourth-order valence-corrected chi connectivity index (χ4v) is 3.22. The number of likely N-dealkylation sites (N-methyl/N-ethyl adjacent to an activating group) is 1. The number of nitrogens with zero attached hydrogens (tertiary/aromatic N) is 1. The molecule has 0 saturated heterocycles. The van der Waals surface area contributed by atoms with Crippen molar-refractivity contribution in [2.75, 3.05) is 26.7 Å². The molecule has 1 atom stereocenters. The molecule has 0 aliphatic rings. The van der Waals surface area contributed by atoms with Gasteiger partial charge in [-0.2, -0.15) is 0 Å². The molecule has 4 nitrogen and oxygen atoms in total. The van der Waals surface area contributed by atoms with Crippen LogP contribution in [-0.2, 0) is 19.9 Å². The van der Waals surface area contributed by atoms with Crippen molar-refractivity contribution in [3.63, 3.8) is 0 Å². The van der Waals surface area contributed by atoms with Crippen molar-refractivity contribution < 1.29 is 14.3 Å². The van der Waals surface area contributed by atoms with Gasteiger partial charge in [0.1, 0.15) is 6.10 Å². The zero-order valence-electron chi connectivity index (χ0n) is 16.1. The van der Waals surface area contributed by atoms with Gasteiger partial charge in [-0.05, 0) is 31.1 Å². The predicted molar refractivity (Wildman–Crippen MR) is 104 cm³/mol. The van der Waals surface area contributed by atoms with Crippen LogP contribution in [0.4, 0.5) is 0 Å². The van der Waals surface area contributed by atoms with E-state index >= 15 is 0 Å². The Hall–Kier alpha value is -2.17. The molecule has 4 heteroatoms. The zero-order valence-corrected chi connectivity index (χ0v) is 16.1. The first-order chi connectivity index (χ1) is 12.6. The van der Waals surface area contributed by atoms with E-state index < -0.39 is 11.6 Å². The summed E-state index contributed by atoms with van der Waals surface area (Å²) in [6.07, 6.45) is -0.232. The number of hydrogen-bond donors (Lipinski definition) is 0. The molecule has 0 aliphatic carbocycles. The van der Waals surface area contributed by atoms with Gasteiger partial charge < -0.3 is 14.4 Å². The van der Waals surface area contributed by atoms with Crippen molar-refractivity contribution in [3.8, 4) is 0 Å². The van der Waals surface area contributed by atoms with E-state index in [2.05, 4.69) is 18.7 Å². The molecule has 140 valence electrons. The van der Waals surface area contributed by atoms with Crippen LogP contribution in [-0.4, -0.2) is 43.7 Å². The van der Waals surface area contributed by atoms with Crippen LogP contribution in [0.3, 0.4) is 0 Å². The molecule has 0 spiro atoms. The smallest absolute Gasteiger partial charge is 0.348 e. The van der Waals surface area contributed by atoms with E-state index in [-0.39, 0.29) is 6.10 Å². The molecule has 26 heavy (non-hydrogen) atoms. The van der Waals surface area contributed by atoms with Gasteiger partial charge in [-0.1, -0.05) is 74.5 Å². The molecular formula is C22H29NO3. The van der Waals surface area contributed by atoms with Gasteiger partial charge in [0, 0.05) is 13.7 Å². The molecule has 0 radical (unpaired) electrons. The summed E-state index contributed by atoms with van der Waals surface area (Å²) in [5.41, 5.74) is 0.238. The van der Waals surface area contributed by atoms with Crippen LogP contribution in [0.2, 0.25) is 0 Å². The van der Waals surface area contributed by atoms with Crippen LogP contribution in [0.1, 0.15) is 31.9 Å². The molecule has 2 rings (SSSR count). The van der Waals surface area contributed by atoms with E-state index in [1.54, 1.807) is 7.11 Å². The molecule has 1 unspecified atom stereocenters. The fourth-order valence-electron chi connectivity index (χ4n) is 3.22. The van der Waals surface area contributed by atoms with Gasteiger partial charge in [0.15, 0.2) is 0 Å². The number of hydrogen-bond acceptors (Lipinski definition) is 4. The molecular weight excluding hydrogens is 326 g/mol. The summed E-state index contributed by atoms with van der Waals surface area (Å²) in [7, 11) is 1.55. The van der Waals surface area contributed by atoms with Gasteiger partial charge in [0.05, 0.1) is 0 Å². The van der Waals surface area contributed by atoms with E-state index in [1.165, 1.54) is 0 Å². The number of ether oxygens (including phenoxy) is 2. The maximum absolute atomic E-state index is 13.3. The first-order valence-electron chi connectivity index (χ1n) is 9.18. The lowest BCUT2D eigenvalue weighted by Gasteiger charge is -2.33. The van der Waals surface area contributed by atoms with Gasteiger partial charge in [-0.15, -0.1) is 0 Å². The Balaban J connectivity index is 2.37. The average Bonchev–Trinajstić information content (AvgIpc) is 2.69. The largest absolute Gasteiger partial charge is 0.459 e. The highest BCUT2D eigenvalue weighted by molar-refractivity contribution is 5.86. The molecule has 0 aromatic heterocycles. The van der Waals surface area contributed by atoms with Crippen molar-refractivity contribution in [1.29, 1.82) is 0 Å². The SMILES string of the molecule is CCN(CC)CC(C)OC(=O)C(OC)(c1ccccc1)c1ccccc1. The first kappa shape index (κ1) is 20.1. The second-order valence-corrected chi connectivity index (χ2v) is 6.32. The summed E-state index contributed by atoms with van der Waals surface area (Å²) in [5, 5.41) is 0. The minimum absolute atomic E-state index is 0.232. The Morgan fingerprint density at radius 3 is 1.81 bits per heavy atom. The normalized spacial score (nSPS) is 12.8. The predicted octanol–water partition coefficient (Wildman–Crippen LogP) is 3.85. The van der Waals surface area contributed by atoms with Crippen molar-refractivity contribution in [2.24, 2.45) is 0 Å². The summed E-state index contributed by atoms with van der Waals surface area (Å²) < 4.78 is 11.7. The highest BCUT2D eigenvalue weighted by Gasteiger charge is 2.44. The summed E-state index contributed by atoms with van der Waals surface area (Å²) in [6.45, 7) is 8.67. The third kappa shape index (κ3) is 4.32. The second-order valence-electron chi connectivity index (χ2n) is 6.32. The van der Waals surface area contributed by atoms with E-state index in [1.807, 2.05) is 67.6 Å². The number of carbonyl (C=O) groups excluding carboxylic acids is 1. The first-order valence-corrected chi connectivity index (χ1v) is 9.18. The van der Waals surface area contributed by atoms with Gasteiger partial charge in [0.25, 0.3) is 0 Å². The Labute approximate surface area is 156 Å². The van der Waals surface area contributed by atoms with E-state index in [0.29, 0.717) is 6.54 Å². The number of benzene rings is 2. The molecule has 0 amide bonds. The van der Waals surface area contributed by atoms with Crippen LogP contribution in [0.25, 0.3) is 0 Å². The molecule has 0 fully saturated rings. The molecule has 0 N–H and O–H groups in total. The number of rotatable bonds is 9. The van der Waals surface area contributed by atoms with Gasteiger partial charge in [-0.25, -0.2) is 4.79 Å². The van der Waals surface area contributed by atoms with Crippen molar-refractivity contribution >= 4 is 5.97 Å². The quantitative estimate of drug-likeness (QED) is 0.641. The van der Waals surface area contributed by atoms with Gasteiger partial charge in [0.2, 0.25) is 5.60 Å². The van der Waals surface area contributed by atoms with E-state index in [4.69, 9.17) is 9.47 Å². The second kappa shape index (κ2) is 9.51. The van der Waals surface area contributed by atoms with Gasteiger partial charge >= 0.3 is 5.97 Å². The third-order valence-electron chi connectivity index (χ3n) is 4.67. The minimum atomic E-state index is -1.28.